The molecule has 1 saturated heterocycles. The van der Waals surface area contributed by atoms with Crippen molar-refractivity contribution >= 4 is 0 Å². The molecule has 0 aliphatic carbocycles. The summed E-state index contributed by atoms with van der Waals surface area (Å²) in [6.45, 7) is 15.6. The molecule has 96 valence electrons. The molecule has 2 heteroatoms. The second-order valence-corrected chi connectivity index (χ2v) is 6.92. The van der Waals surface area contributed by atoms with Gasteiger partial charge in [-0.2, -0.15) is 0 Å². The van der Waals surface area contributed by atoms with Crippen LogP contribution in [0.2, 0.25) is 0 Å². The molecule has 1 heterocycles. The standard InChI is InChI=1S/C14H29NO/c1-10(2)8-11(3)15-12-9-13(4,5)16-14(12,6)7/h10-12,15H,8-9H2,1-7H3. The predicted molar refractivity (Wildman–Crippen MR) is 69.7 cm³/mol. The van der Waals surface area contributed by atoms with Crippen molar-refractivity contribution in [3.8, 4) is 0 Å². The minimum Gasteiger partial charge on any atom is -0.368 e. The summed E-state index contributed by atoms with van der Waals surface area (Å²) in [5, 5.41) is 3.73. The molecule has 1 N–H and O–H groups in total. The first-order chi connectivity index (χ1) is 7.12. The van der Waals surface area contributed by atoms with Gasteiger partial charge in [0.1, 0.15) is 0 Å². The molecule has 0 spiro atoms. The topological polar surface area (TPSA) is 21.3 Å². The van der Waals surface area contributed by atoms with E-state index in [0.717, 1.165) is 12.3 Å². The van der Waals surface area contributed by atoms with Gasteiger partial charge in [-0.25, -0.2) is 0 Å². The van der Waals surface area contributed by atoms with E-state index in [-0.39, 0.29) is 11.2 Å². The van der Waals surface area contributed by atoms with Crippen molar-refractivity contribution in [1.29, 1.82) is 0 Å². The lowest BCUT2D eigenvalue weighted by atomic mass is 9.93. The smallest absolute Gasteiger partial charge is 0.0787 e. The second kappa shape index (κ2) is 4.66. The normalized spacial score (nSPS) is 29.6. The first-order valence-corrected chi connectivity index (χ1v) is 6.58. The molecule has 0 aromatic carbocycles. The lowest BCUT2D eigenvalue weighted by Crippen LogP contribution is -2.47. The Hall–Kier alpha value is -0.0800. The summed E-state index contributed by atoms with van der Waals surface area (Å²) in [6.07, 6.45) is 2.33. The van der Waals surface area contributed by atoms with Gasteiger partial charge in [0.05, 0.1) is 11.2 Å². The van der Waals surface area contributed by atoms with E-state index in [4.69, 9.17) is 4.74 Å². The fourth-order valence-corrected chi connectivity index (χ4v) is 2.94. The monoisotopic (exact) mass is 227 g/mol. The lowest BCUT2D eigenvalue weighted by Gasteiger charge is -2.30. The molecule has 0 amide bonds. The molecule has 0 bridgehead atoms. The van der Waals surface area contributed by atoms with E-state index in [9.17, 15) is 0 Å². The zero-order valence-electron chi connectivity index (χ0n) is 12.1. The Labute approximate surface area is 101 Å². The maximum Gasteiger partial charge on any atom is 0.0787 e. The molecule has 0 aromatic rings. The van der Waals surface area contributed by atoms with Gasteiger partial charge >= 0.3 is 0 Å². The van der Waals surface area contributed by atoms with Crippen molar-refractivity contribution < 1.29 is 4.74 Å². The third-order valence-electron chi connectivity index (χ3n) is 3.38. The largest absolute Gasteiger partial charge is 0.368 e. The first-order valence-electron chi connectivity index (χ1n) is 6.58. The Morgan fingerprint density at radius 3 is 2.12 bits per heavy atom. The highest BCUT2D eigenvalue weighted by Crippen LogP contribution is 2.37. The van der Waals surface area contributed by atoms with Crippen molar-refractivity contribution in [2.24, 2.45) is 5.92 Å². The van der Waals surface area contributed by atoms with Crippen LogP contribution in [0.25, 0.3) is 0 Å². The van der Waals surface area contributed by atoms with Gasteiger partial charge in [-0.1, -0.05) is 13.8 Å². The van der Waals surface area contributed by atoms with Crippen LogP contribution in [-0.2, 0) is 4.74 Å². The summed E-state index contributed by atoms with van der Waals surface area (Å²) in [5.41, 5.74) is -0.0343. The number of rotatable bonds is 4. The van der Waals surface area contributed by atoms with Crippen molar-refractivity contribution in [1.82, 2.24) is 5.32 Å². The summed E-state index contributed by atoms with van der Waals surface area (Å²) in [4.78, 5) is 0. The van der Waals surface area contributed by atoms with E-state index in [0.29, 0.717) is 12.1 Å². The van der Waals surface area contributed by atoms with Crippen LogP contribution in [0, 0.1) is 5.92 Å². The first kappa shape index (κ1) is 14.0. The number of nitrogens with one attached hydrogen (secondary N) is 1. The van der Waals surface area contributed by atoms with Crippen LogP contribution in [0.15, 0.2) is 0 Å². The molecule has 2 nitrogen and oxygen atoms in total. The van der Waals surface area contributed by atoms with Crippen LogP contribution in [0.1, 0.15) is 61.3 Å². The third-order valence-corrected chi connectivity index (χ3v) is 3.38. The predicted octanol–water partition coefficient (Wildman–Crippen LogP) is 3.36. The summed E-state index contributed by atoms with van der Waals surface area (Å²) in [5.74, 6) is 0.751. The average molecular weight is 227 g/mol. The van der Waals surface area contributed by atoms with E-state index >= 15 is 0 Å². The number of hydrogen-bond donors (Lipinski definition) is 1. The number of hydrogen-bond acceptors (Lipinski definition) is 2. The third kappa shape index (κ3) is 3.74. The molecule has 2 unspecified atom stereocenters. The maximum absolute atomic E-state index is 6.09. The molecular formula is C14H29NO. The van der Waals surface area contributed by atoms with Crippen molar-refractivity contribution in [2.75, 3.05) is 0 Å². The number of ether oxygens (including phenoxy) is 1. The summed E-state index contributed by atoms with van der Waals surface area (Å²) in [7, 11) is 0. The Morgan fingerprint density at radius 2 is 1.75 bits per heavy atom. The van der Waals surface area contributed by atoms with Gasteiger partial charge in [0.25, 0.3) is 0 Å². The van der Waals surface area contributed by atoms with Crippen LogP contribution in [0.5, 0.6) is 0 Å². The molecule has 1 rings (SSSR count). The molecular weight excluding hydrogens is 198 g/mol. The molecule has 16 heavy (non-hydrogen) atoms. The second-order valence-electron chi connectivity index (χ2n) is 6.92. The molecule has 0 aromatic heterocycles. The molecule has 1 aliphatic heterocycles. The van der Waals surface area contributed by atoms with E-state index < -0.39 is 0 Å². The highest BCUT2D eigenvalue weighted by atomic mass is 16.5. The fourth-order valence-electron chi connectivity index (χ4n) is 2.94. The minimum absolute atomic E-state index is 0.0126. The summed E-state index contributed by atoms with van der Waals surface area (Å²) >= 11 is 0. The Bertz CT molecular complexity index is 233. The van der Waals surface area contributed by atoms with Crippen LogP contribution in [-0.4, -0.2) is 23.3 Å². The molecule has 1 aliphatic rings. The molecule has 2 atom stereocenters. The van der Waals surface area contributed by atoms with Crippen molar-refractivity contribution in [3.63, 3.8) is 0 Å². The molecule has 1 fully saturated rings. The minimum atomic E-state index is -0.0469. The Kier molecular flexibility index (Phi) is 4.07. The summed E-state index contributed by atoms with van der Waals surface area (Å²) < 4.78 is 6.09. The van der Waals surface area contributed by atoms with Gasteiger partial charge in [0.15, 0.2) is 0 Å². The SMILES string of the molecule is CC(C)CC(C)NC1CC(C)(C)OC1(C)C. The molecule has 0 radical (unpaired) electrons. The van der Waals surface area contributed by atoms with Gasteiger partial charge in [0, 0.05) is 12.1 Å². The van der Waals surface area contributed by atoms with E-state index in [2.05, 4.69) is 53.8 Å². The van der Waals surface area contributed by atoms with Gasteiger partial charge in [-0.3, -0.25) is 0 Å². The zero-order chi connectivity index (χ0) is 12.6. The van der Waals surface area contributed by atoms with Crippen LogP contribution < -0.4 is 5.32 Å². The van der Waals surface area contributed by atoms with Gasteiger partial charge < -0.3 is 10.1 Å². The van der Waals surface area contributed by atoms with Crippen LogP contribution in [0.4, 0.5) is 0 Å². The van der Waals surface area contributed by atoms with E-state index in [1.807, 2.05) is 0 Å². The average Bonchev–Trinajstić information content (AvgIpc) is 2.16. The van der Waals surface area contributed by atoms with E-state index in [1.54, 1.807) is 0 Å². The fraction of sp³-hybridized carbons (Fsp3) is 1.00. The van der Waals surface area contributed by atoms with Crippen molar-refractivity contribution in [3.05, 3.63) is 0 Å². The Morgan fingerprint density at radius 1 is 1.19 bits per heavy atom. The van der Waals surface area contributed by atoms with Gasteiger partial charge in [-0.05, 0) is 53.4 Å². The Balaban J connectivity index is 2.54. The van der Waals surface area contributed by atoms with Crippen molar-refractivity contribution in [2.45, 2.75) is 84.6 Å². The molecule has 0 saturated carbocycles. The van der Waals surface area contributed by atoms with Crippen LogP contribution >= 0.6 is 0 Å². The zero-order valence-corrected chi connectivity index (χ0v) is 12.1. The summed E-state index contributed by atoms with van der Waals surface area (Å²) in [6, 6.07) is 1.04. The highest BCUT2D eigenvalue weighted by Gasteiger charge is 2.45. The van der Waals surface area contributed by atoms with E-state index in [1.165, 1.54) is 6.42 Å². The van der Waals surface area contributed by atoms with Crippen LogP contribution in [0.3, 0.4) is 0 Å². The van der Waals surface area contributed by atoms with Gasteiger partial charge in [-0.15, -0.1) is 0 Å². The quantitative estimate of drug-likeness (QED) is 0.795. The highest BCUT2D eigenvalue weighted by molar-refractivity contribution is 4.99. The maximum atomic E-state index is 6.09. The van der Waals surface area contributed by atoms with Gasteiger partial charge in [0.2, 0.25) is 0 Å². The lowest BCUT2D eigenvalue weighted by molar-refractivity contribution is -0.0704.